The van der Waals surface area contributed by atoms with Gasteiger partial charge in [0, 0.05) is 22.3 Å². The minimum Gasteiger partial charge on any atom is -0.339 e. The van der Waals surface area contributed by atoms with Gasteiger partial charge in [0.2, 0.25) is 0 Å². The average molecular weight is 316 g/mol. The monoisotopic (exact) mass is 315 g/mol. The fourth-order valence-electron chi connectivity index (χ4n) is 2.04. The van der Waals surface area contributed by atoms with Crippen molar-refractivity contribution >= 4 is 57.7 Å². The molecule has 0 bridgehead atoms. The van der Waals surface area contributed by atoms with Crippen LogP contribution in [0.3, 0.4) is 0 Å². The highest BCUT2D eigenvalue weighted by Crippen LogP contribution is 2.51. The third-order valence-electron chi connectivity index (χ3n) is 2.83. The third kappa shape index (κ3) is 2.25. The molecule has 2 aromatic rings. The van der Waals surface area contributed by atoms with Gasteiger partial charge in [-0.1, -0.05) is 23.4 Å². The van der Waals surface area contributed by atoms with Crippen molar-refractivity contribution in [2.75, 3.05) is 17.3 Å². The van der Waals surface area contributed by atoms with Crippen molar-refractivity contribution in [1.29, 1.82) is 0 Å². The standard InChI is InChI=1S/C13H11Cl2NS2/c14-5-1-6-16-10-4-7-17-13(10)18-12-3-2-9(15)8-11(12)16/h2-4,7-8H,1,5-6H2. The number of hydrogen-bond acceptors (Lipinski definition) is 3. The Morgan fingerprint density at radius 1 is 1.17 bits per heavy atom. The lowest BCUT2D eigenvalue weighted by atomic mass is 10.2. The maximum atomic E-state index is 6.12. The van der Waals surface area contributed by atoms with Gasteiger partial charge in [-0.15, -0.1) is 22.9 Å². The molecule has 0 saturated heterocycles. The van der Waals surface area contributed by atoms with Crippen molar-refractivity contribution in [1.82, 2.24) is 0 Å². The molecule has 2 heterocycles. The van der Waals surface area contributed by atoms with E-state index in [0.717, 1.165) is 18.0 Å². The third-order valence-corrected chi connectivity index (χ3v) is 5.53. The first kappa shape index (κ1) is 12.7. The minimum absolute atomic E-state index is 0.680. The van der Waals surface area contributed by atoms with Crippen LogP contribution in [0.15, 0.2) is 38.8 Å². The van der Waals surface area contributed by atoms with E-state index in [1.54, 1.807) is 11.3 Å². The highest BCUT2D eigenvalue weighted by molar-refractivity contribution is 8.01. The molecule has 0 saturated carbocycles. The molecule has 0 radical (unpaired) electrons. The summed E-state index contributed by atoms with van der Waals surface area (Å²) in [5.41, 5.74) is 2.48. The number of thiophene rings is 1. The summed E-state index contributed by atoms with van der Waals surface area (Å²) in [6.07, 6.45) is 0.966. The summed E-state index contributed by atoms with van der Waals surface area (Å²) in [5.74, 6) is 0.680. The quantitative estimate of drug-likeness (QED) is 0.675. The molecule has 1 aliphatic heterocycles. The molecular formula is C13H11Cl2NS2. The number of rotatable bonds is 3. The van der Waals surface area contributed by atoms with Crippen LogP contribution in [-0.4, -0.2) is 12.4 Å². The first-order valence-electron chi connectivity index (χ1n) is 5.68. The number of anilines is 2. The van der Waals surface area contributed by atoms with Gasteiger partial charge >= 0.3 is 0 Å². The molecule has 1 nitrogen and oxygen atoms in total. The predicted octanol–water partition coefficient (Wildman–Crippen LogP) is 5.63. The Hall–Kier alpha value is -0.350. The number of halogens is 2. The summed E-state index contributed by atoms with van der Waals surface area (Å²) in [5, 5.41) is 2.92. The van der Waals surface area contributed by atoms with Gasteiger partial charge in [-0.05, 0) is 36.1 Å². The molecule has 0 unspecified atom stereocenters. The van der Waals surface area contributed by atoms with Crippen molar-refractivity contribution in [2.45, 2.75) is 15.5 Å². The number of alkyl halides is 1. The second-order valence-corrected chi connectivity index (χ2v) is 7.04. The van der Waals surface area contributed by atoms with Crippen molar-refractivity contribution in [3.05, 3.63) is 34.7 Å². The number of hydrogen-bond donors (Lipinski definition) is 0. The lowest BCUT2D eigenvalue weighted by Gasteiger charge is -2.30. The first-order chi connectivity index (χ1) is 8.79. The molecule has 1 aromatic carbocycles. The molecular weight excluding hydrogens is 305 g/mol. The molecule has 0 spiro atoms. The van der Waals surface area contributed by atoms with Gasteiger partial charge in [-0.2, -0.15) is 0 Å². The first-order valence-corrected chi connectivity index (χ1v) is 8.29. The molecule has 0 aliphatic carbocycles. The highest BCUT2D eigenvalue weighted by atomic mass is 35.5. The van der Waals surface area contributed by atoms with Crippen LogP contribution in [0.1, 0.15) is 6.42 Å². The zero-order valence-electron chi connectivity index (χ0n) is 9.53. The molecule has 1 aliphatic rings. The number of benzene rings is 1. The summed E-state index contributed by atoms with van der Waals surface area (Å²) in [7, 11) is 0. The van der Waals surface area contributed by atoms with Gasteiger partial charge in [0.1, 0.15) is 0 Å². The van der Waals surface area contributed by atoms with E-state index in [4.69, 9.17) is 23.2 Å². The topological polar surface area (TPSA) is 3.24 Å². The highest BCUT2D eigenvalue weighted by Gasteiger charge is 2.24. The fraction of sp³-hybridized carbons (Fsp3) is 0.231. The summed E-state index contributed by atoms with van der Waals surface area (Å²) in [6.45, 7) is 0.932. The molecule has 0 amide bonds. The Labute approximate surface area is 125 Å². The van der Waals surface area contributed by atoms with Crippen LogP contribution >= 0.6 is 46.3 Å². The summed E-state index contributed by atoms with van der Waals surface area (Å²) < 4.78 is 1.35. The van der Waals surface area contributed by atoms with Gasteiger partial charge in [0.25, 0.3) is 0 Å². The van der Waals surface area contributed by atoms with Crippen molar-refractivity contribution in [3.63, 3.8) is 0 Å². The molecule has 1 aromatic heterocycles. The molecule has 3 rings (SSSR count). The van der Waals surface area contributed by atoms with E-state index in [1.165, 1.54) is 20.5 Å². The molecule has 5 heteroatoms. The van der Waals surface area contributed by atoms with Crippen LogP contribution in [0.25, 0.3) is 0 Å². The van der Waals surface area contributed by atoms with Crippen molar-refractivity contribution < 1.29 is 0 Å². The Morgan fingerprint density at radius 2 is 2.06 bits per heavy atom. The van der Waals surface area contributed by atoms with Crippen molar-refractivity contribution in [2.24, 2.45) is 0 Å². The van der Waals surface area contributed by atoms with E-state index >= 15 is 0 Å². The van der Waals surface area contributed by atoms with Crippen LogP contribution in [0, 0.1) is 0 Å². The van der Waals surface area contributed by atoms with Gasteiger partial charge in [0.15, 0.2) is 0 Å². The number of nitrogens with zero attached hydrogens (tertiary/aromatic N) is 1. The van der Waals surface area contributed by atoms with E-state index < -0.39 is 0 Å². The molecule has 0 atom stereocenters. The van der Waals surface area contributed by atoms with E-state index in [0.29, 0.717) is 5.88 Å². The van der Waals surface area contributed by atoms with Crippen molar-refractivity contribution in [3.8, 4) is 0 Å². The summed E-state index contributed by atoms with van der Waals surface area (Å²) in [6, 6.07) is 8.26. The molecule has 0 N–H and O–H groups in total. The Kier molecular flexibility index (Phi) is 3.76. The lowest BCUT2D eigenvalue weighted by molar-refractivity contribution is 0.875. The summed E-state index contributed by atoms with van der Waals surface area (Å²) >= 11 is 15.5. The van der Waals surface area contributed by atoms with Gasteiger partial charge < -0.3 is 4.90 Å². The van der Waals surface area contributed by atoms with E-state index in [-0.39, 0.29) is 0 Å². The smallest absolute Gasteiger partial charge is 0.0884 e. The van der Waals surface area contributed by atoms with Crippen LogP contribution in [0.4, 0.5) is 11.4 Å². The van der Waals surface area contributed by atoms with E-state index in [1.807, 2.05) is 23.9 Å². The normalized spacial score (nSPS) is 13.3. The SMILES string of the molecule is ClCCCN1c2cc(Cl)ccc2Sc2sccc21. The van der Waals surface area contributed by atoms with E-state index in [2.05, 4.69) is 22.4 Å². The second-order valence-electron chi connectivity index (χ2n) is 4.00. The second kappa shape index (κ2) is 5.33. The maximum Gasteiger partial charge on any atom is 0.0884 e. The lowest BCUT2D eigenvalue weighted by Crippen LogP contribution is -2.21. The van der Waals surface area contributed by atoms with E-state index in [9.17, 15) is 0 Å². The van der Waals surface area contributed by atoms with Gasteiger partial charge in [-0.25, -0.2) is 0 Å². The van der Waals surface area contributed by atoms with Gasteiger partial charge in [0.05, 0.1) is 15.6 Å². The zero-order valence-corrected chi connectivity index (χ0v) is 12.7. The zero-order chi connectivity index (χ0) is 12.5. The Balaban J connectivity index is 2.05. The fourth-order valence-corrected chi connectivity index (χ4v) is 4.47. The molecule has 0 fully saturated rings. The van der Waals surface area contributed by atoms with Crippen LogP contribution in [-0.2, 0) is 0 Å². The predicted molar refractivity (Wildman–Crippen MR) is 82.2 cm³/mol. The molecule has 94 valence electrons. The van der Waals surface area contributed by atoms with Crippen LogP contribution < -0.4 is 4.90 Å². The maximum absolute atomic E-state index is 6.12. The minimum atomic E-state index is 0.680. The largest absolute Gasteiger partial charge is 0.339 e. The Morgan fingerprint density at radius 3 is 2.89 bits per heavy atom. The summed E-state index contributed by atoms with van der Waals surface area (Å²) in [4.78, 5) is 3.59. The number of fused-ring (bicyclic) bond motifs is 2. The average Bonchev–Trinajstić information content (AvgIpc) is 2.82. The Bertz CT molecular complexity index is 568. The van der Waals surface area contributed by atoms with Crippen LogP contribution in [0.2, 0.25) is 5.02 Å². The molecule has 18 heavy (non-hydrogen) atoms. The van der Waals surface area contributed by atoms with Gasteiger partial charge in [-0.3, -0.25) is 0 Å². The van der Waals surface area contributed by atoms with Crippen LogP contribution in [0.5, 0.6) is 0 Å².